The smallest absolute Gasteiger partial charge is 0.137 e. The first kappa shape index (κ1) is 10.4. The summed E-state index contributed by atoms with van der Waals surface area (Å²) in [6.07, 6.45) is 6.70. The van der Waals surface area contributed by atoms with E-state index in [0.29, 0.717) is 0 Å². The van der Waals surface area contributed by atoms with Crippen LogP contribution in [0.1, 0.15) is 26.2 Å². The molecule has 1 heterocycles. The minimum atomic E-state index is -0.00291. The maximum absolute atomic E-state index is 7.36. The second-order valence-electron chi connectivity index (χ2n) is 3.09. The van der Waals surface area contributed by atoms with Gasteiger partial charge in [0.15, 0.2) is 0 Å². The highest BCUT2D eigenvalue weighted by atomic mass is 32.2. The summed E-state index contributed by atoms with van der Waals surface area (Å²) >= 11 is 1.56. The van der Waals surface area contributed by atoms with Crippen molar-refractivity contribution in [2.45, 2.75) is 31.6 Å². The molecule has 1 rings (SSSR count). The molecule has 1 unspecified atom stereocenters. The van der Waals surface area contributed by atoms with Gasteiger partial charge in [0.05, 0.1) is 6.20 Å². The summed E-state index contributed by atoms with van der Waals surface area (Å²) < 4.78 is 0. The highest BCUT2D eigenvalue weighted by Gasteiger charge is 2.22. The van der Waals surface area contributed by atoms with Crippen LogP contribution in [0.25, 0.3) is 0 Å². The minimum Gasteiger partial charge on any atom is -0.385 e. The molecule has 0 bridgehead atoms. The number of thioether (sulfide) groups is 1. The van der Waals surface area contributed by atoms with Crippen molar-refractivity contribution in [1.82, 2.24) is 4.90 Å². The Hall–Kier alpha value is -0.640. The van der Waals surface area contributed by atoms with E-state index in [1.807, 2.05) is 10.3 Å². The average Bonchev–Trinajstić information content (AvgIpc) is 2.53. The predicted octanol–water partition coefficient (Wildman–Crippen LogP) is 1.76. The Balaban J connectivity index is 2.31. The van der Waals surface area contributed by atoms with Crippen molar-refractivity contribution in [3.63, 3.8) is 0 Å². The van der Waals surface area contributed by atoms with Gasteiger partial charge in [-0.1, -0.05) is 31.5 Å². The molecular formula is C9H16N3S. The molecule has 1 aliphatic rings. The Morgan fingerprint density at radius 1 is 1.69 bits per heavy atom. The number of nitrogens with one attached hydrogen (secondary N) is 1. The van der Waals surface area contributed by atoms with Crippen molar-refractivity contribution in [2.24, 2.45) is 5.73 Å². The fourth-order valence-corrected chi connectivity index (χ4v) is 2.04. The van der Waals surface area contributed by atoms with E-state index < -0.39 is 0 Å². The van der Waals surface area contributed by atoms with Crippen molar-refractivity contribution >= 4 is 17.6 Å². The van der Waals surface area contributed by atoms with Gasteiger partial charge >= 0.3 is 0 Å². The van der Waals surface area contributed by atoms with E-state index >= 15 is 0 Å². The number of rotatable bonds is 5. The van der Waals surface area contributed by atoms with E-state index in [0.717, 1.165) is 13.0 Å². The number of nitrogens with two attached hydrogens (primary N) is 1. The molecule has 0 saturated heterocycles. The van der Waals surface area contributed by atoms with Crippen molar-refractivity contribution < 1.29 is 0 Å². The van der Waals surface area contributed by atoms with Gasteiger partial charge in [0.1, 0.15) is 11.2 Å². The van der Waals surface area contributed by atoms with Gasteiger partial charge in [-0.15, -0.1) is 0 Å². The van der Waals surface area contributed by atoms with Crippen LogP contribution in [-0.2, 0) is 0 Å². The first-order chi connectivity index (χ1) is 6.25. The first-order valence-corrected chi connectivity index (χ1v) is 5.54. The summed E-state index contributed by atoms with van der Waals surface area (Å²) in [6, 6.07) is 0. The molecule has 0 aromatic rings. The van der Waals surface area contributed by atoms with Gasteiger partial charge in [-0.05, 0) is 11.8 Å². The van der Waals surface area contributed by atoms with E-state index in [4.69, 9.17) is 11.1 Å². The van der Waals surface area contributed by atoms with Crippen LogP contribution in [0.3, 0.4) is 0 Å². The molecule has 4 heteroatoms. The van der Waals surface area contributed by atoms with Crippen LogP contribution in [-0.4, -0.2) is 22.7 Å². The molecule has 1 aliphatic heterocycles. The first-order valence-electron chi connectivity index (χ1n) is 4.59. The standard InChI is InChI=1S/C9H16N3S/c1-2-3-4-5-12-6-7-13-9(12)8(10)11/h7,9H,2-5H2,1H3,(H3,10,11). The van der Waals surface area contributed by atoms with Crippen molar-refractivity contribution in [3.8, 4) is 0 Å². The van der Waals surface area contributed by atoms with E-state index in [1.165, 1.54) is 12.8 Å². The van der Waals surface area contributed by atoms with Crippen molar-refractivity contribution in [3.05, 3.63) is 11.6 Å². The fourth-order valence-electron chi connectivity index (χ4n) is 1.26. The van der Waals surface area contributed by atoms with E-state index in [1.54, 1.807) is 11.8 Å². The van der Waals surface area contributed by atoms with Gasteiger partial charge in [-0.2, -0.15) is 0 Å². The van der Waals surface area contributed by atoms with Gasteiger partial charge in [-0.25, -0.2) is 0 Å². The number of nitrogens with zero attached hydrogens (tertiary/aromatic N) is 1. The molecule has 0 aromatic carbocycles. The largest absolute Gasteiger partial charge is 0.385 e. The highest BCUT2D eigenvalue weighted by molar-refractivity contribution is 8.03. The van der Waals surface area contributed by atoms with Gasteiger partial charge in [-0.3, -0.25) is 5.41 Å². The monoisotopic (exact) mass is 198 g/mol. The van der Waals surface area contributed by atoms with Gasteiger partial charge < -0.3 is 10.6 Å². The Labute approximate surface area is 83.9 Å². The lowest BCUT2D eigenvalue weighted by atomic mass is 10.2. The molecule has 0 fully saturated rings. The molecular weight excluding hydrogens is 182 g/mol. The van der Waals surface area contributed by atoms with Crippen molar-refractivity contribution in [1.29, 1.82) is 5.41 Å². The maximum Gasteiger partial charge on any atom is 0.137 e. The van der Waals surface area contributed by atoms with Gasteiger partial charge in [0, 0.05) is 6.54 Å². The Kier molecular flexibility index (Phi) is 4.15. The maximum atomic E-state index is 7.36. The number of hydrogen-bond donors (Lipinski definition) is 2. The summed E-state index contributed by atoms with van der Waals surface area (Å²) in [5.41, 5.74) is 5.45. The number of amidine groups is 1. The summed E-state index contributed by atoms with van der Waals surface area (Å²) in [4.78, 5) is 2.02. The summed E-state index contributed by atoms with van der Waals surface area (Å²) in [5.74, 6) is 0.225. The third-order valence-corrected chi connectivity index (χ3v) is 2.97. The lowest BCUT2D eigenvalue weighted by molar-refractivity contribution is 0.377. The number of hydrogen-bond acceptors (Lipinski definition) is 3. The summed E-state index contributed by atoms with van der Waals surface area (Å²) in [5, 5.41) is 9.24. The van der Waals surface area contributed by atoms with Crippen LogP contribution < -0.4 is 5.73 Å². The molecule has 0 spiro atoms. The van der Waals surface area contributed by atoms with Crippen LogP contribution in [0.15, 0.2) is 5.41 Å². The summed E-state index contributed by atoms with van der Waals surface area (Å²) in [7, 11) is 0. The third-order valence-electron chi connectivity index (χ3n) is 1.97. The Bertz CT molecular complexity index is 203. The van der Waals surface area contributed by atoms with Crippen LogP contribution in [0.4, 0.5) is 0 Å². The van der Waals surface area contributed by atoms with E-state index in [-0.39, 0.29) is 11.2 Å². The molecule has 0 aliphatic carbocycles. The molecule has 0 saturated carbocycles. The molecule has 0 aromatic heterocycles. The zero-order valence-corrected chi connectivity index (χ0v) is 8.73. The minimum absolute atomic E-state index is 0.00291. The molecule has 73 valence electrons. The third kappa shape index (κ3) is 2.95. The quantitative estimate of drug-likeness (QED) is 0.402. The summed E-state index contributed by atoms with van der Waals surface area (Å²) in [6.45, 7) is 3.14. The fraction of sp³-hybridized carbons (Fsp3) is 0.667. The molecule has 1 atom stereocenters. The molecule has 0 amide bonds. The van der Waals surface area contributed by atoms with Crippen LogP contribution in [0, 0.1) is 11.6 Å². The van der Waals surface area contributed by atoms with Crippen LogP contribution in [0.2, 0.25) is 0 Å². The number of unbranched alkanes of at least 4 members (excludes halogenated alkanes) is 2. The molecule has 3 N–H and O–H groups in total. The SMILES string of the molecule is CCCCCN1[C]=CSC1C(=N)N. The zero-order chi connectivity index (χ0) is 9.68. The van der Waals surface area contributed by atoms with Crippen LogP contribution >= 0.6 is 11.8 Å². The van der Waals surface area contributed by atoms with Gasteiger partial charge in [0.2, 0.25) is 0 Å². The topological polar surface area (TPSA) is 53.1 Å². The lowest BCUT2D eigenvalue weighted by Gasteiger charge is -2.22. The van der Waals surface area contributed by atoms with E-state index in [2.05, 4.69) is 13.1 Å². The second kappa shape index (κ2) is 5.17. The average molecular weight is 198 g/mol. The van der Waals surface area contributed by atoms with Crippen molar-refractivity contribution in [2.75, 3.05) is 6.54 Å². The molecule has 1 radical (unpaired) electrons. The molecule has 3 nitrogen and oxygen atoms in total. The normalized spacial score (nSPS) is 21.0. The van der Waals surface area contributed by atoms with Gasteiger partial charge in [0.25, 0.3) is 0 Å². The Morgan fingerprint density at radius 3 is 3.08 bits per heavy atom. The predicted molar refractivity (Wildman–Crippen MR) is 57.3 cm³/mol. The van der Waals surface area contributed by atoms with E-state index in [9.17, 15) is 0 Å². The second-order valence-corrected chi connectivity index (χ2v) is 4.05. The van der Waals surface area contributed by atoms with Crippen LogP contribution in [0.5, 0.6) is 0 Å². The molecule has 13 heavy (non-hydrogen) atoms. The highest BCUT2D eigenvalue weighted by Crippen LogP contribution is 2.24. The Morgan fingerprint density at radius 2 is 2.46 bits per heavy atom. The lowest BCUT2D eigenvalue weighted by Crippen LogP contribution is -2.37. The zero-order valence-electron chi connectivity index (χ0n) is 7.92.